The topological polar surface area (TPSA) is 29.3 Å². The van der Waals surface area contributed by atoms with E-state index in [0.717, 1.165) is 19.6 Å². The number of nitrogens with zero attached hydrogens (tertiary/aromatic N) is 1. The molecule has 2 nitrogen and oxygen atoms in total. The Kier molecular flexibility index (Phi) is 4.74. The monoisotopic (exact) mass is 266 g/mol. The maximum Gasteiger partial charge on any atom is 0.0331 e. The van der Waals surface area contributed by atoms with E-state index in [-0.39, 0.29) is 0 Å². The zero-order valence-corrected chi connectivity index (χ0v) is 11.7. The Hall–Kier alpha value is -0.680. The molecule has 0 aliphatic carbocycles. The van der Waals surface area contributed by atoms with Crippen molar-refractivity contribution < 1.29 is 0 Å². The van der Waals surface area contributed by atoms with E-state index in [2.05, 4.69) is 41.5 Å². The van der Waals surface area contributed by atoms with Gasteiger partial charge in [0.2, 0.25) is 0 Å². The molecule has 0 saturated carbocycles. The van der Waals surface area contributed by atoms with Gasteiger partial charge in [0.15, 0.2) is 0 Å². The molecule has 0 fully saturated rings. The highest BCUT2D eigenvalue weighted by Gasteiger charge is 2.07. The summed E-state index contributed by atoms with van der Waals surface area (Å²) in [6.45, 7) is 6.02. The molecule has 92 valence electrons. The van der Waals surface area contributed by atoms with Crippen LogP contribution in [-0.2, 0) is 19.6 Å². The molecule has 0 aromatic carbocycles. The van der Waals surface area contributed by atoms with E-state index < -0.39 is 0 Å². The summed E-state index contributed by atoms with van der Waals surface area (Å²) in [7, 11) is 0. The molecule has 0 spiro atoms. The molecule has 0 saturated heterocycles. The number of rotatable bonds is 6. The molecule has 2 heterocycles. The number of nitrogens with two attached hydrogens (primary N) is 1. The zero-order chi connectivity index (χ0) is 12.1. The third-order valence-electron chi connectivity index (χ3n) is 2.70. The zero-order valence-electron chi connectivity index (χ0n) is 10.1. The third-order valence-corrected chi connectivity index (χ3v) is 4.66. The highest BCUT2D eigenvalue weighted by atomic mass is 32.1. The highest BCUT2D eigenvalue weighted by Crippen LogP contribution is 2.19. The average molecular weight is 266 g/mol. The molecular formula is C13H18N2S2. The minimum atomic E-state index is 0.654. The summed E-state index contributed by atoms with van der Waals surface area (Å²) in [6, 6.07) is 8.65. The second-order valence-electron chi connectivity index (χ2n) is 3.95. The second kappa shape index (κ2) is 6.31. The van der Waals surface area contributed by atoms with Gasteiger partial charge in [0.25, 0.3) is 0 Å². The van der Waals surface area contributed by atoms with Gasteiger partial charge in [-0.15, -0.1) is 22.7 Å². The van der Waals surface area contributed by atoms with Gasteiger partial charge in [-0.1, -0.05) is 13.0 Å². The highest BCUT2D eigenvalue weighted by molar-refractivity contribution is 7.12. The van der Waals surface area contributed by atoms with Crippen LogP contribution in [0.4, 0.5) is 0 Å². The first-order valence-electron chi connectivity index (χ1n) is 5.84. The largest absolute Gasteiger partial charge is 0.326 e. The average Bonchev–Trinajstić information content (AvgIpc) is 2.99. The summed E-state index contributed by atoms with van der Waals surface area (Å²) in [4.78, 5) is 6.57. The van der Waals surface area contributed by atoms with E-state index in [0.29, 0.717) is 6.54 Å². The lowest BCUT2D eigenvalue weighted by Gasteiger charge is -2.18. The smallest absolute Gasteiger partial charge is 0.0331 e. The van der Waals surface area contributed by atoms with Gasteiger partial charge in [-0.05, 0) is 30.1 Å². The molecule has 0 atom stereocenters. The molecule has 17 heavy (non-hydrogen) atoms. The first kappa shape index (κ1) is 12.8. The molecular weight excluding hydrogens is 248 g/mol. The molecule has 0 bridgehead atoms. The fraction of sp³-hybridized carbons (Fsp3) is 0.385. The van der Waals surface area contributed by atoms with Crippen LogP contribution in [0.1, 0.15) is 21.6 Å². The Balaban J connectivity index is 1.95. The SMILES string of the molecule is CCN(Cc1cccs1)Cc1ccc(CN)s1. The van der Waals surface area contributed by atoms with Crippen molar-refractivity contribution in [3.63, 3.8) is 0 Å². The van der Waals surface area contributed by atoms with Crippen molar-refractivity contribution in [2.24, 2.45) is 5.73 Å². The minimum absolute atomic E-state index is 0.654. The van der Waals surface area contributed by atoms with Gasteiger partial charge in [0.1, 0.15) is 0 Å². The van der Waals surface area contributed by atoms with Gasteiger partial charge in [0.05, 0.1) is 0 Å². The molecule has 2 rings (SSSR count). The van der Waals surface area contributed by atoms with E-state index in [1.54, 1.807) is 0 Å². The van der Waals surface area contributed by atoms with E-state index >= 15 is 0 Å². The third kappa shape index (κ3) is 3.64. The van der Waals surface area contributed by atoms with Gasteiger partial charge in [-0.25, -0.2) is 0 Å². The molecule has 0 aliphatic heterocycles. The van der Waals surface area contributed by atoms with Crippen molar-refractivity contribution in [2.75, 3.05) is 6.54 Å². The van der Waals surface area contributed by atoms with Gasteiger partial charge >= 0.3 is 0 Å². The van der Waals surface area contributed by atoms with Crippen molar-refractivity contribution in [1.82, 2.24) is 4.90 Å². The second-order valence-corrected chi connectivity index (χ2v) is 6.24. The fourth-order valence-corrected chi connectivity index (χ4v) is 3.43. The predicted molar refractivity (Wildman–Crippen MR) is 76.3 cm³/mol. The maximum absolute atomic E-state index is 5.63. The summed E-state index contributed by atoms with van der Waals surface area (Å²) in [6.07, 6.45) is 0. The maximum atomic E-state index is 5.63. The Morgan fingerprint density at radius 1 is 1.12 bits per heavy atom. The van der Waals surface area contributed by atoms with Crippen LogP contribution < -0.4 is 5.73 Å². The summed E-state index contributed by atoms with van der Waals surface area (Å²) in [5.74, 6) is 0. The van der Waals surface area contributed by atoms with E-state index in [4.69, 9.17) is 5.73 Å². The fourth-order valence-electron chi connectivity index (χ4n) is 1.74. The summed E-state index contributed by atoms with van der Waals surface area (Å²) in [5, 5.41) is 2.14. The molecule has 4 heteroatoms. The molecule has 2 N–H and O–H groups in total. The van der Waals surface area contributed by atoms with Crippen molar-refractivity contribution >= 4 is 22.7 Å². The predicted octanol–water partition coefficient (Wildman–Crippen LogP) is 3.29. The standard InChI is InChI=1S/C13H18N2S2/c1-2-15(9-12-4-3-7-16-12)10-13-6-5-11(8-14)17-13/h3-7H,2,8-10,14H2,1H3. The van der Waals surface area contributed by atoms with Gasteiger partial charge in [-0.3, -0.25) is 4.90 Å². The van der Waals surface area contributed by atoms with Crippen molar-refractivity contribution in [2.45, 2.75) is 26.6 Å². The van der Waals surface area contributed by atoms with Crippen LogP contribution in [0, 0.1) is 0 Å². The first-order valence-corrected chi connectivity index (χ1v) is 7.53. The van der Waals surface area contributed by atoms with Gasteiger partial charge < -0.3 is 5.73 Å². The quantitative estimate of drug-likeness (QED) is 0.869. The summed E-state index contributed by atoms with van der Waals surface area (Å²) < 4.78 is 0. The first-order chi connectivity index (χ1) is 8.31. The lowest BCUT2D eigenvalue weighted by atomic mass is 10.3. The Morgan fingerprint density at radius 2 is 1.88 bits per heavy atom. The molecule has 0 aliphatic rings. The van der Waals surface area contributed by atoms with Crippen LogP contribution in [0.15, 0.2) is 29.6 Å². The van der Waals surface area contributed by atoms with Crippen LogP contribution >= 0.6 is 22.7 Å². The lowest BCUT2D eigenvalue weighted by Crippen LogP contribution is -2.21. The lowest BCUT2D eigenvalue weighted by molar-refractivity contribution is 0.276. The Labute approximate surface area is 111 Å². The molecule has 0 amide bonds. The molecule has 0 unspecified atom stereocenters. The van der Waals surface area contributed by atoms with Crippen LogP contribution in [-0.4, -0.2) is 11.4 Å². The van der Waals surface area contributed by atoms with E-state index in [9.17, 15) is 0 Å². The van der Waals surface area contributed by atoms with Crippen molar-refractivity contribution in [1.29, 1.82) is 0 Å². The Morgan fingerprint density at radius 3 is 2.47 bits per heavy atom. The molecule has 2 aromatic rings. The van der Waals surface area contributed by atoms with E-state index in [1.807, 2.05) is 22.7 Å². The van der Waals surface area contributed by atoms with Crippen LogP contribution in [0.5, 0.6) is 0 Å². The van der Waals surface area contributed by atoms with E-state index in [1.165, 1.54) is 14.6 Å². The van der Waals surface area contributed by atoms with Crippen molar-refractivity contribution in [3.05, 3.63) is 44.3 Å². The molecule has 2 aromatic heterocycles. The van der Waals surface area contributed by atoms with Crippen LogP contribution in [0.2, 0.25) is 0 Å². The molecule has 0 radical (unpaired) electrons. The van der Waals surface area contributed by atoms with Crippen LogP contribution in [0.3, 0.4) is 0 Å². The summed E-state index contributed by atoms with van der Waals surface area (Å²) >= 11 is 3.65. The van der Waals surface area contributed by atoms with Crippen LogP contribution in [0.25, 0.3) is 0 Å². The van der Waals surface area contributed by atoms with Gasteiger partial charge in [0, 0.05) is 34.3 Å². The number of hydrogen-bond acceptors (Lipinski definition) is 4. The normalized spacial score (nSPS) is 11.2. The van der Waals surface area contributed by atoms with Crippen molar-refractivity contribution in [3.8, 4) is 0 Å². The number of thiophene rings is 2. The number of hydrogen-bond donors (Lipinski definition) is 1. The van der Waals surface area contributed by atoms with Gasteiger partial charge in [-0.2, -0.15) is 0 Å². The Bertz CT molecular complexity index is 434. The summed E-state index contributed by atoms with van der Waals surface area (Å²) in [5.41, 5.74) is 5.63. The minimum Gasteiger partial charge on any atom is -0.326 e.